The van der Waals surface area contributed by atoms with E-state index in [9.17, 15) is 5.11 Å². The van der Waals surface area contributed by atoms with Crippen molar-refractivity contribution in [1.29, 1.82) is 0 Å². The largest absolute Gasteiger partial charge is 0.387 e. The van der Waals surface area contributed by atoms with Crippen LogP contribution >= 0.6 is 0 Å². The zero-order valence-electron chi connectivity index (χ0n) is 12.8. The predicted molar refractivity (Wildman–Crippen MR) is 87.9 cm³/mol. The predicted octanol–water partition coefficient (Wildman–Crippen LogP) is 3.79. The lowest BCUT2D eigenvalue weighted by atomic mass is 9.98. The zero-order valence-corrected chi connectivity index (χ0v) is 12.8. The summed E-state index contributed by atoms with van der Waals surface area (Å²) >= 11 is 0. The van der Waals surface area contributed by atoms with E-state index < -0.39 is 6.10 Å². The topological polar surface area (TPSA) is 23.5 Å². The lowest BCUT2D eigenvalue weighted by Crippen LogP contribution is -2.33. The van der Waals surface area contributed by atoms with Gasteiger partial charge in [0.2, 0.25) is 0 Å². The van der Waals surface area contributed by atoms with Crippen LogP contribution < -0.4 is 4.90 Å². The van der Waals surface area contributed by atoms with Gasteiger partial charge in [0, 0.05) is 18.8 Å². The van der Waals surface area contributed by atoms with E-state index in [0.29, 0.717) is 6.54 Å². The summed E-state index contributed by atoms with van der Waals surface area (Å²) in [6.07, 6.45) is 1.88. The second-order valence-electron chi connectivity index (χ2n) is 6.05. The van der Waals surface area contributed by atoms with Crippen LogP contribution in [0.2, 0.25) is 0 Å². The molecule has 0 aromatic heterocycles. The Balaban J connectivity index is 1.82. The summed E-state index contributed by atoms with van der Waals surface area (Å²) in [4.78, 5) is 2.33. The Hall–Kier alpha value is -1.80. The van der Waals surface area contributed by atoms with E-state index in [2.05, 4.69) is 43.0 Å². The molecule has 1 aliphatic heterocycles. The van der Waals surface area contributed by atoms with Crippen LogP contribution in [0.5, 0.6) is 0 Å². The molecule has 21 heavy (non-hydrogen) atoms. The van der Waals surface area contributed by atoms with E-state index in [0.717, 1.165) is 30.5 Å². The number of rotatable bonds is 3. The number of nitrogens with zero attached hydrogens (tertiary/aromatic N) is 1. The summed E-state index contributed by atoms with van der Waals surface area (Å²) in [6, 6.07) is 14.8. The van der Waals surface area contributed by atoms with E-state index in [1.54, 1.807) is 0 Å². The van der Waals surface area contributed by atoms with Crippen molar-refractivity contribution in [1.82, 2.24) is 0 Å². The summed E-state index contributed by atoms with van der Waals surface area (Å²) in [5.41, 5.74) is 6.22. The molecule has 1 unspecified atom stereocenters. The Kier molecular flexibility index (Phi) is 3.98. The van der Waals surface area contributed by atoms with Crippen molar-refractivity contribution in [3.05, 3.63) is 64.7 Å². The van der Waals surface area contributed by atoms with Crippen molar-refractivity contribution >= 4 is 5.69 Å². The van der Waals surface area contributed by atoms with E-state index in [1.807, 2.05) is 18.2 Å². The molecule has 0 fully saturated rings. The van der Waals surface area contributed by atoms with Crippen LogP contribution in [0.15, 0.2) is 42.5 Å². The van der Waals surface area contributed by atoms with Gasteiger partial charge in [-0.25, -0.2) is 0 Å². The SMILES string of the molecule is Cc1ccc2c(c1)CCCN2CC(O)c1ccccc1C. The van der Waals surface area contributed by atoms with Crippen LogP contribution in [0.3, 0.4) is 0 Å². The molecule has 0 amide bonds. The van der Waals surface area contributed by atoms with Crippen LogP contribution in [0.25, 0.3) is 0 Å². The molecule has 1 atom stereocenters. The number of benzene rings is 2. The summed E-state index contributed by atoms with van der Waals surface area (Å²) in [6.45, 7) is 5.90. The summed E-state index contributed by atoms with van der Waals surface area (Å²) < 4.78 is 0. The third-order valence-corrected chi connectivity index (χ3v) is 4.39. The van der Waals surface area contributed by atoms with Crippen LogP contribution in [-0.2, 0) is 6.42 Å². The molecule has 3 rings (SSSR count). The van der Waals surface area contributed by atoms with Gasteiger partial charge >= 0.3 is 0 Å². The van der Waals surface area contributed by atoms with E-state index >= 15 is 0 Å². The highest BCUT2D eigenvalue weighted by atomic mass is 16.3. The Morgan fingerprint density at radius 2 is 1.95 bits per heavy atom. The Bertz CT molecular complexity index is 635. The molecule has 110 valence electrons. The van der Waals surface area contributed by atoms with Gasteiger partial charge in [0.05, 0.1) is 6.10 Å². The smallest absolute Gasteiger partial charge is 0.0967 e. The minimum absolute atomic E-state index is 0.432. The van der Waals surface area contributed by atoms with Crippen molar-refractivity contribution in [2.45, 2.75) is 32.8 Å². The first kappa shape index (κ1) is 14.2. The molecule has 0 saturated carbocycles. The Morgan fingerprint density at radius 1 is 1.14 bits per heavy atom. The fourth-order valence-corrected chi connectivity index (χ4v) is 3.26. The number of hydrogen-bond acceptors (Lipinski definition) is 2. The molecule has 2 aromatic rings. The first-order valence-corrected chi connectivity index (χ1v) is 7.73. The lowest BCUT2D eigenvalue weighted by Gasteiger charge is -2.33. The summed E-state index contributed by atoms with van der Waals surface area (Å²) in [7, 11) is 0. The second kappa shape index (κ2) is 5.90. The van der Waals surface area contributed by atoms with Crippen molar-refractivity contribution in [3.8, 4) is 0 Å². The third-order valence-electron chi connectivity index (χ3n) is 4.39. The molecule has 2 heteroatoms. The average Bonchev–Trinajstić information content (AvgIpc) is 2.47. The molecular formula is C19H23NO. The number of aliphatic hydroxyl groups is 1. The molecule has 1 aliphatic rings. The number of aliphatic hydroxyl groups excluding tert-OH is 1. The average molecular weight is 281 g/mol. The number of aryl methyl sites for hydroxylation is 3. The highest BCUT2D eigenvalue weighted by Gasteiger charge is 2.20. The van der Waals surface area contributed by atoms with Crippen molar-refractivity contribution < 1.29 is 5.11 Å². The van der Waals surface area contributed by atoms with Crippen LogP contribution in [0.1, 0.15) is 34.8 Å². The van der Waals surface area contributed by atoms with Gasteiger partial charge in [0.25, 0.3) is 0 Å². The molecule has 0 aliphatic carbocycles. The standard InChI is InChI=1S/C19H23NO/c1-14-9-10-18-16(12-14)7-5-11-20(18)13-19(21)17-8-4-3-6-15(17)2/h3-4,6,8-10,12,19,21H,5,7,11,13H2,1-2H3. The van der Waals surface area contributed by atoms with E-state index in [1.165, 1.54) is 16.8 Å². The molecule has 0 saturated heterocycles. The number of fused-ring (bicyclic) bond motifs is 1. The maximum atomic E-state index is 10.6. The van der Waals surface area contributed by atoms with Gasteiger partial charge < -0.3 is 10.0 Å². The molecule has 2 nitrogen and oxygen atoms in total. The van der Waals surface area contributed by atoms with Crippen LogP contribution in [0.4, 0.5) is 5.69 Å². The molecule has 0 radical (unpaired) electrons. The number of hydrogen-bond donors (Lipinski definition) is 1. The maximum absolute atomic E-state index is 10.6. The van der Waals surface area contributed by atoms with Crippen molar-refractivity contribution in [3.63, 3.8) is 0 Å². The van der Waals surface area contributed by atoms with Crippen LogP contribution in [-0.4, -0.2) is 18.2 Å². The van der Waals surface area contributed by atoms with E-state index in [4.69, 9.17) is 0 Å². The highest BCUT2D eigenvalue weighted by Crippen LogP contribution is 2.30. The van der Waals surface area contributed by atoms with Gasteiger partial charge in [0.15, 0.2) is 0 Å². The zero-order chi connectivity index (χ0) is 14.8. The molecule has 2 aromatic carbocycles. The Labute approximate surface area is 127 Å². The maximum Gasteiger partial charge on any atom is 0.0967 e. The number of β-amino-alcohol motifs (C(OH)–C–C–N with tert-alkyl or cyclic N) is 1. The van der Waals surface area contributed by atoms with Gasteiger partial charge in [-0.3, -0.25) is 0 Å². The molecule has 1 N–H and O–H groups in total. The lowest BCUT2D eigenvalue weighted by molar-refractivity contribution is 0.182. The van der Waals surface area contributed by atoms with Crippen molar-refractivity contribution in [2.75, 3.05) is 18.0 Å². The third kappa shape index (κ3) is 2.96. The molecular weight excluding hydrogens is 258 g/mol. The molecule has 0 spiro atoms. The van der Waals surface area contributed by atoms with Gasteiger partial charge in [-0.1, -0.05) is 42.0 Å². The normalized spacial score (nSPS) is 15.7. The monoisotopic (exact) mass is 281 g/mol. The fourth-order valence-electron chi connectivity index (χ4n) is 3.26. The fraction of sp³-hybridized carbons (Fsp3) is 0.368. The van der Waals surface area contributed by atoms with Gasteiger partial charge in [0.1, 0.15) is 0 Å². The van der Waals surface area contributed by atoms with E-state index in [-0.39, 0.29) is 0 Å². The van der Waals surface area contributed by atoms with Gasteiger partial charge in [-0.05, 0) is 49.4 Å². The highest BCUT2D eigenvalue weighted by molar-refractivity contribution is 5.57. The number of anilines is 1. The first-order valence-electron chi connectivity index (χ1n) is 7.73. The minimum atomic E-state index is -0.432. The van der Waals surface area contributed by atoms with Gasteiger partial charge in [-0.2, -0.15) is 0 Å². The van der Waals surface area contributed by atoms with Crippen molar-refractivity contribution in [2.24, 2.45) is 0 Å². The molecule has 0 bridgehead atoms. The summed E-state index contributed by atoms with van der Waals surface area (Å²) in [5, 5.41) is 10.6. The van der Waals surface area contributed by atoms with Crippen LogP contribution in [0, 0.1) is 13.8 Å². The quantitative estimate of drug-likeness (QED) is 0.925. The Morgan fingerprint density at radius 3 is 2.76 bits per heavy atom. The molecule has 1 heterocycles. The minimum Gasteiger partial charge on any atom is -0.387 e. The summed E-state index contributed by atoms with van der Waals surface area (Å²) in [5.74, 6) is 0. The second-order valence-corrected chi connectivity index (χ2v) is 6.05. The van der Waals surface area contributed by atoms with Gasteiger partial charge in [-0.15, -0.1) is 0 Å². The first-order chi connectivity index (χ1) is 10.1.